The van der Waals surface area contributed by atoms with E-state index in [0.29, 0.717) is 12.6 Å². The Morgan fingerprint density at radius 1 is 1.21 bits per heavy atom. The SMILES string of the molecule is CCNC(=NCC(C)(C)c1ccc(OC)c(OC)c1)NC1CC1.I. The molecule has 0 bridgehead atoms. The highest BCUT2D eigenvalue weighted by Crippen LogP contribution is 2.33. The number of methoxy groups -OCH3 is 2. The van der Waals surface area contributed by atoms with Crippen molar-refractivity contribution in [2.45, 2.75) is 45.1 Å². The lowest BCUT2D eigenvalue weighted by Gasteiger charge is -2.25. The highest BCUT2D eigenvalue weighted by Gasteiger charge is 2.24. The predicted octanol–water partition coefficient (Wildman–Crippen LogP) is 3.32. The van der Waals surface area contributed by atoms with Crippen LogP contribution in [0.4, 0.5) is 0 Å². The van der Waals surface area contributed by atoms with E-state index in [9.17, 15) is 0 Å². The summed E-state index contributed by atoms with van der Waals surface area (Å²) in [5.74, 6) is 2.41. The molecule has 1 saturated carbocycles. The molecule has 1 aromatic rings. The van der Waals surface area contributed by atoms with Crippen LogP contribution in [0.2, 0.25) is 0 Å². The number of rotatable bonds is 7. The number of aliphatic imine (C=N–C) groups is 1. The summed E-state index contributed by atoms with van der Waals surface area (Å²) in [5.41, 5.74) is 1.09. The molecule has 2 N–H and O–H groups in total. The van der Waals surface area contributed by atoms with E-state index in [1.54, 1.807) is 14.2 Å². The lowest BCUT2D eigenvalue weighted by molar-refractivity contribution is 0.353. The van der Waals surface area contributed by atoms with Crippen molar-refractivity contribution < 1.29 is 9.47 Å². The fourth-order valence-electron chi connectivity index (χ4n) is 2.37. The van der Waals surface area contributed by atoms with Crippen LogP contribution < -0.4 is 20.1 Å². The van der Waals surface area contributed by atoms with E-state index in [0.717, 1.165) is 24.0 Å². The molecule has 0 aromatic heterocycles. The van der Waals surface area contributed by atoms with Gasteiger partial charge in [-0.3, -0.25) is 4.99 Å². The maximum atomic E-state index is 5.41. The Morgan fingerprint density at radius 3 is 2.42 bits per heavy atom. The Kier molecular flexibility index (Phi) is 8.12. The second kappa shape index (κ2) is 9.34. The molecule has 1 aliphatic rings. The van der Waals surface area contributed by atoms with Crippen LogP contribution in [0, 0.1) is 0 Å². The van der Waals surface area contributed by atoms with Crippen LogP contribution in [0.1, 0.15) is 39.2 Å². The second-order valence-electron chi connectivity index (χ2n) is 6.57. The number of halogens is 1. The first-order chi connectivity index (χ1) is 11.0. The van der Waals surface area contributed by atoms with Crippen LogP contribution >= 0.6 is 24.0 Å². The Balaban J connectivity index is 0.00000288. The zero-order valence-corrected chi connectivity index (χ0v) is 17.6. The third-order valence-corrected chi connectivity index (χ3v) is 4.06. The average molecular weight is 447 g/mol. The van der Waals surface area contributed by atoms with Gasteiger partial charge in [0.25, 0.3) is 0 Å². The van der Waals surface area contributed by atoms with Gasteiger partial charge in [0.15, 0.2) is 17.5 Å². The van der Waals surface area contributed by atoms with E-state index in [4.69, 9.17) is 14.5 Å². The third-order valence-electron chi connectivity index (χ3n) is 4.06. The van der Waals surface area contributed by atoms with Crippen molar-refractivity contribution in [2.75, 3.05) is 27.3 Å². The van der Waals surface area contributed by atoms with E-state index < -0.39 is 0 Å². The van der Waals surface area contributed by atoms with Crippen LogP contribution in [0.3, 0.4) is 0 Å². The highest BCUT2D eigenvalue weighted by molar-refractivity contribution is 14.0. The summed E-state index contributed by atoms with van der Waals surface area (Å²) in [6, 6.07) is 6.66. The number of ether oxygens (including phenoxy) is 2. The molecule has 1 aliphatic carbocycles. The van der Waals surface area contributed by atoms with Crippen molar-refractivity contribution in [2.24, 2.45) is 4.99 Å². The summed E-state index contributed by atoms with van der Waals surface area (Å²) in [5, 5.41) is 6.76. The molecule has 2 rings (SSSR count). The molecule has 6 heteroatoms. The molecule has 1 aromatic carbocycles. The van der Waals surface area contributed by atoms with E-state index >= 15 is 0 Å². The molecule has 0 aliphatic heterocycles. The monoisotopic (exact) mass is 447 g/mol. The molecule has 0 spiro atoms. The van der Waals surface area contributed by atoms with Crippen LogP contribution in [-0.4, -0.2) is 39.3 Å². The maximum absolute atomic E-state index is 5.41. The van der Waals surface area contributed by atoms with Gasteiger partial charge in [0.05, 0.1) is 20.8 Å². The Bertz CT molecular complexity index is 557. The smallest absolute Gasteiger partial charge is 0.191 e. The van der Waals surface area contributed by atoms with Crippen LogP contribution in [0.5, 0.6) is 11.5 Å². The zero-order chi connectivity index (χ0) is 16.9. The number of benzene rings is 1. The van der Waals surface area contributed by atoms with Crippen molar-refractivity contribution in [1.82, 2.24) is 10.6 Å². The van der Waals surface area contributed by atoms with Gasteiger partial charge in [0, 0.05) is 18.0 Å². The van der Waals surface area contributed by atoms with Crippen LogP contribution in [-0.2, 0) is 5.41 Å². The minimum Gasteiger partial charge on any atom is -0.493 e. The van der Waals surface area contributed by atoms with E-state index in [1.165, 1.54) is 18.4 Å². The third kappa shape index (κ3) is 5.72. The quantitative estimate of drug-likeness (QED) is 0.383. The summed E-state index contributed by atoms with van der Waals surface area (Å²) in [7, 11) is 3.31. The maximum Gasteiger partial charge on any atom is 0.191 e. The summed E-state index contributed by atoms with van der Waals surface area (Å²) < 4.78 is 10.7. The average Bonchev–Trinajstić information content (AvgIpc) is 3.36. The summed E-state index contributed by atoms with van der Waals surface area (Å²) in [6.07, 6.45) is 2.48. The van der Waals surface area contributed by atoms with Crippen molar-refractivity contribution in [3.8, 4) is 11.5 Å². The summed E-state index contributed by atoms with van der Waals surface area (Å²) >= 11 is 0. The van der Waals surface area contributed by atoms with E-state index in [-0.39, 0.29) is 29.4 Å². The number of nitrogens with zero attached hydrogens (tertiary/aromatic N) is 1. The largest absolute Gasteiger partial charge is 0.493 e. The fraction of sp³-hybridized carbons (Fsp3) is 0.611. The Hall–Kier alpha value is -1.18. The molecule has 0 saturated heterocycles. The summed E-state index contributed by atoms with van der Waals surface area (Å²) in [4.78, 5) is 4.76. The number of hydrogen-bond acceptors (Lipinski definition) is 3. The van der Waals surface area contributed by atoms with Gasteiger partial charge in [-0.05, 0) is 37.5 Å². The number of guanidine groups is 1. The van der Waals surface area contributed by atoms with Crippen molar-refractivity contribution in [3.05, 3.63) is 23.8 Å². The van der Waals surface area contributed by atoms with Gasteiger partial charge < -0.3 is 20.1 Å². The Labute approximate surface area is 162 Å². The standard InChI is InChI=1S/C18H29N3O2.HI/c1-6-19-17(21-14-8-9-14)20-12-18(2,3)13-7-10-15(22-4)16(11-13)23-5;/h7,10-11,14H,6,8-9,12H2,1-5H3,(H2,19,20,21);1H. The van der Waals surface area contributed by atoms with Crippen molar-refractivity contribution >= 4 is 29.9 Å². The topological polar surface area (TPSA) is 54.9 Å². The van der Waals surface area contributed by atoms with Crippen LogP contribution in [0.15, 0.2) is 23.2 Å². The fourth-order valence-corrected chi connectivity index (χ4v) is 2.37. The lowest BCUT2D eigenvalue weighted by Crippen LogP contribution is -2.39. The second-order valence-corrected chi connectivity index (χ2v) is 6.57. The van der Waals surface area contributed by atoms with Gasteiger partial charge in [-0.1, -0.05) is 19.9 Å². The van der Waals surface area contributed by atoms with Gasteiger partial charge in [0.1, 0.15) is 0 Å². The van der Waals surface area contributed by atoms with Gasteiger partial charge in [-0.25, -0.2) is 0 Å². The first-order valence-corrected chi connectivity index (χ1v) is 8.27. The molecule has 0 atom stereocenters. The van der Waals surface area contributed by atoms with Crippen molar-refractivity contribution in [3.63, 3.8) is 0 Å². The number of hydrogen-bond donors (Lipinski definition) is 2. The molecular weight excluding hydrogens is 417 g/mol. The molecule has 0 unspecified atom stereocenters. The van der Waals surface area contributed by atoms with E-state index in [2.05, 4.69) is 37.5 Å². The highest BCUT2D eigenvalue weighted by atomic mass is 127. The number of nitrogens with one attached hydrogen (secondary N) is 2. The lowest BCUT2D eigenvalue weighted by atomic mass is 9.84. The summed E-state index contributed by atoms with van der Waals surface area (Å²) in [6.45, 7) is 8.04. The molecule has 0 heterocycles. The molecule has 0 amide bonds. The predicted molar refractivity (Wildman–Crippen MR) is 110 cm³/mol. The van der Waals surface area contributed by atoms with Gasteiger partial charge in [0.2, 0.25) is 0 Å². The minimum atomic E-state index is -0.0918. The normalized spacial score (nSPS) is 14.6. The zero-order valence-electron chi connectivity index (χ0n) is 15.3. The molecule has 24 heavy (non-hydrogen) atoms. The molecule has 136 valence electrons. The Morgan fingerprint density at radius 2 is 1.88 bits per heavy atom. The van der Waals surface area contributed by atoms with Gasteiger partial charge in [-0.2, -0.15) is 0 Å². The van der Waals surface area contributed by atoms with Gasteiger partial charge in [-0.15, -0.1) is 24.0 Å². The van der Waals surface area contributed by atoms with Gasteiger partial charge >= 0.3 is 0 Å². The molecular formula is C18H30IN3O2. The molecule has 5 nitrogen and oxygen atoms in total. The first-order valence-electron chi connectivity index (χ1n) is 8.27. The van der Waals surface area contributed by atoms with Crippen LogP contribution in [0.25, 0.3) is 0 Å². The molecule has 0 radical (unpaired) electrons. The van der Waals surface area contributed by atoms with Crippen molar-refractivity contribution in [1.29, 1.82) is 0 Å². The van der Waals surface area contributed by atoms with E-state index in [1.807, 2.05) is 12.1 Å². The molecule has 1 fully saturated rings. The first kappa shape index (κ1) is 20.9. The minimum absolute atomic E-state index is 0.